The number of benzene rings is 1. The van der Waals surface area contributed by atoms with Crippen LogP contribution in [0.15, 0.2) is 18.2 Å². The van der Waals surface area contributed by atoms with Gasteiger partial charge in [0.1, 0.15) is 6.61 Å². The van der Waals surface area contributed by atoms with Crippen molar-refractivity contribution < 1.29 is 9.53 Å². The van der Waals surface area contributed by atoms with Gasteiger partial charge in [0.2, 0.25) is 5.91 Å². The van der Waals surface area contributed by atoms with Crippen molar-refractivity contribution in [1.29, 1.82) is 0 Å². The Balaban J connectivity index is 2.67. The summed E-state index contributed by atoms with van der Waals surface area (Å²) in [6.07, 6.45) is 2.02. The van der Waals surface area contributed by atoms with Gasteiger partial charge in [0, 0.05) is 0 Å². The minimum Gasteiger partial charge on any atom is -0.370 e. The lowest BCUT2D eigenvalue weighted by atomic mass is 9.97. The summed E-state index contributed by atoms with van der Waals surface area (Å²) in [5.74, 6) is -0.474. The second-order valence-electron chi connectivity index (χ2n) is 4.32. The van der Waals surface area contributed by atoms with Gasteiger partial charge < -0.3 is 16.2 Å². The number of primary amides is 1. The summed E-state index contributed by atoms with van der Waals surface area (Å²) in [4.78, 5) is 10.6. The Labute approximate surface area is 108 Å². The number of hydrogen-bond acceptors (Lipinski definition) is 3. The molecule has 1 aromatic carbocycles. The maximum atomic E-state index is 10.6. The monoisotopic (exact) mass is 250 g/mol. The van der Waals surface area contributed by atoms with Crippen LogP contribution in [0.2, 0.25) is 0 Å². The van der Waals surface area contributed by atoms with E-state index in [2.05, 4.69) is 26.0 Å². The third-order valence-electron chi connectivity index (χ3n) is 2.96. The van der Waals surface area contributed by atoms with Crippen LogP contribution in [0.25, 0.3) is 0 Å². The van der Waals surface area contributed by atoms with Crippen LogP contribution in [0.1, 0.15) is 36.6 Å². The third-order valence-corrected chi connectivity index (χ3v) is 2.96. The molecule has 0 aliphatic carbocycles. The molecule has 0 aliphatic heterocycles. The van der Waals surface area contributed by atoms with Crippen LogP contribution in [0, 0.1) is 0 Å². The summed E-state index contributed by atoms with van der Waals surface area (Å²) in [6.45, 7) is 4.50. The van der Waals surface area contributed by atoms with E-state index in [9.17, 15) is 4.79 Å². The molecular weight excluding hydrogens is 228 g/mol. The first-order valence-electron chi connectivity index (χ1n) is 6.31. The van der Waals surface area contributed by atoms with Gasteiger partial charge in [-0.15, -0.1) is 0 Å². The molecule has 0 saturated carbocycles. The van der Waals surface area contributed by atoms with Crippen molar-refractivity contribution in [1.82, 2.24) is 0 Å². The van der Waals surface area contributed by atoms with E-state index in [0.29, 0.717) is 6.61 Å². The molecule has 4 nitrogen and oxygen atoms in total. The molecule has 0 spiro atoms. The summed E-state index contributed by atoms with van der Waals surface area (Å²) in [7, 11) is 0. The van der Waals surface area contributed by atoms with Crippen LogP contribution in [0.5, 0.6) is 0 Å². The maximum absolute atomic E-state index is 10.6. The van der Waals surface area contributed by atoms with Crippen molar-refractivity contribution in [3.05, 3.63) is 34.9 Å². The van der Waals surface area contributed by atoms with Crippen molar-refractivity contribution in [3.8, 4) is 0 Å². The number of hydrogen-bond donors (Lipinski definition) is 2. The molecule has 0 bridgehead atoms. The highest BCUT2D eigenvalue weighted by molar-refractivity contribution is 5.74. The lowest BCUT2D eigenvalue weighted by molar-refractivity contribution is -0.122. The first-order valence-corrected chi connectivity index (χ1v) is 6.31. The summed E-state index contributed by atoms with van der Waals surface area (Å²) in [6, 6.07) is 6.04. The van der Waals surface area contributed by atoms with E-state index in [4.69, 9.17) is 16.2 Å². The average Bonchev–Trinajstić information content (AvgIpc) is 2.37. The molecule has 0 radical (unpaired) electrons. The van der Waals surface area contributed by atoms with Gasteiger partial charge in [0.15, 0.2) is 0 Å². The maximum Gasteiger partial charge on any atom is 0.243 e. The van der Waals surface area contributed by atoms with Gasteiger partial charge in [-0.05, 0) is 29.5 Å². The van der Waals surface area contributed by atoms with E-state index >= 15 is 0 Å². The fourth-order valence-corrected chi connectivity index (χ4v) is 1.93. The molecular formula is C14H22N2O2. The van der Waals surface area contributed by atoms with Crippen molar-refractivity contribution in [2.75, 3.05) is 13.2 Å². The molecule has 0 fully saturated rings. The zero-order valence-electron chi connectivity index (χ0n) is 11.1. The van der Waals surface area contributed by atoms with Crippen LogP contribution in [0.4, 0.5) is 0 Å². The molecule has 100 valence electrons. The Hall–Kier alpha value is -1.39. The predicted molar refractivity (Wildman–Crippen MR) is 72.1 cm³/mol. The van der Waals surface area contributed by atoms with E-state index in [0.717, 1.165) is 18.4 Å². The quantitative estimate of drug-likeness (QED) is 0.766. The molecule has 0 aliphatic rings. The summed E-state index contributed by atoms with van der Waals surface area (Å²) >= 11 is 0. The second kappa shape index (κ2) is 7.13. The van der Waals surface area contributed by atoms with E-state index in [-0.39, 0.29) is 12.6 Å². The predicted octanol–water partition coefficient (Wildman–Crippen LogP) is 1.31. The molecule has 4 heteroatoms. The van der Waals surface area contributed by atoms with Gasteiger partial charge in [-0.25, -0.2) is 0 Å². The van der Waals surface area contributed by atoms with E-state index < -0.39 is 5.91 Å². The number of rotatable bonds is 7. The van der Waals surface area contributed by atoms with Crippen LogP contribution in [-0.4, -0.2) is 19.1 Å². The van der Waals surface area contributed by atoms with Crippen molar-refractivity contribution >= 4 is 5.91 Å². The number of carbonyl (C=O) groups excluding carboxylic acids is 1. The largest absolute Gasteiger partial charge is 0.370 e. The zero-order chi connectivity index (χ0) is 13.5. The van der Waals surface area contributed by atoms with E-state index in [1.54, 1.807) is 0 Å². The first kappa shape index (κ1) is 14.7. The second-order valence-corrected chi connectivity index (χ2v) is 4.32. The van der Waals surface area contributed by atoms with E-state index in [1.807, 2.05) is 6.07 Å². The number of nitrogens with two attached hydrogens (primary N) is 2. The van der Waals surface area contributed by atoms with Gasteiger partial charge in [-0.1, -0.05) is 32.0 Å². The normalized spacial score (nSPS) is 12.4. The molecule has 0 aromatic heterocycles. The fourth-order valence-electron chi connectivity index (χ4n) is 1.93. The summed E-state index contributed by atoms with van der Waals surface area (Å²) < 4.78 is 5.14. The lowest BCUT2D eigenvalue weighted by Gasteiger charge is -2.15. The SMILES string of the molecule is CCc1ccc(C(N)COCC(N)=O)cc1CC. The molecule has 1 rings (SSSR count). The number of ether oxygens (including phenoxy) is 1. The van der Waals surface area contributed by atoms with Crippen molar-refractivity contribution in [2.45, 2.75) is 32.7 Å². The fraction of sp³-hybridized carbons (Fsp3) is 0.500. The van der Waals surface area contributed by atoms with Gasteiger partial charge in [-0.2, -0.15) is 0 Å². The highest BCUT2D eigenvalue weighted by Crippen LogP contribution is 2.18. The highest BCUT2D eigenvalue weighted by atomic mass is 16.5. The molecule has 1 atom stereocenters. The Morgan fingerprint density at radius 2 is 1.94 bits per heavy atom. The molecule has 0 heterocycles. The Kier molecular flexibility index (Phi) is 5.82. The van der Waals surface area contributed by atoms with E-state index in [1.165, 1.54) is 11.1 Å². The van der Waals surface area contributed by atoms with Crippen molar-refractivity contribution in [3.63, 3.8) is 0 Å². The Morgan fingerprint density at radius 3 is 2.50 bits per heavy atom. The number of aryl methyl sites for hydroxylation is 2. The lowest BCUT2D eigenvalue weighted by Crippen LogP contribution is -2.23. The molecule has 1 unspecified atom stereocenters. The highest BCUT2D eigenvalue weighted by Gasteiger charge is 2.09. The van der Waals surface area contributed by atoms with Crippen LogP contribution in [-0.2, 0) is 22.4 Å². The summed E-state index contributed by atoms with van der Waals surface area (Å²) in [5, 5.41) is 0. The van der Waals surface area contributed by atoms with Gasteiger partial charge in [0.25, 0.3) is 0 Å². The van der Waals surface area contributed by atoms with Gasteiger partial charge in [-0.3, -0.25) is 4.79 Å². The zero-order valence-corrected chi connectivity index (χ0v) is 11.1. The molecule has 0 saturated heterocycles. The Morgan fingerprint density at radius 1 is 1.28 bits per heavy atom. The molecule has 18 heavy (non-hydrogen) atoms. The smallest absolute Gasteiger partial charge is 0.243 e. The molecule has 1 aromatic rings. The van der Waals surface area contributed by atoms with Gasteiger partial charge in [0.05, 0.1) is 12.6 Å². The average molecular weight is 250 g/mol. The first-order chi connectivity index (χ1) is 8.58. The topological polar surface area (TPSA) is 78.3 Å². The van der Waals surface area contributed by atoms with Crippen LogP contribution < -0.4 is 11.5 Å². The Bertz CT molecular complexity index is 405. The van der Waals surface area contributed by atoms with Crippen molar-refractivity contribution in [2.24, 2.45) is 11.5 Å². The van der Waals surface area contributed by atoms with Crippen LogP contribution in [0.3, 0.4) is 0 Å². The number of amides is 1. The van der Waals surface area contributed by atoms with Crippen LogP contribution >= 0.6 is 0 Å². The number of carbonyl (C=O) groups is 1. The van der Waals surface area contributed by atoms with Gasteiger partial charge >= 0.3 is 0 Å². The minimum atomic E-state index is -0.474. The molecule has 1 amide bonds. The minimum absolute atomic E-state index is 0.0820. The summed E-state index contributed by atoms with van der Waals surface area (Å²) in [5.41, 5.74) is 14.7. The standard InChI is InChI=1S/C14H22N2O2/c1-3-10-5-6-12(7-11(10)4-2)13(15)8-18-9-14(16)17/h5-7,13H,3-4,8-9,15H2,1-2H3,(H2,16,17). The third kappa shape index (κ3) is 4.13. The molecule has 4 N–H and O–H groups in total.